The normalized spacial score (nSPS) is 11.1. The van der Waals surface area contributed by atoms with Gasteiger partial charge in [-0.15, -0.1) is 0 Å². The van der Waals surface area contributed by atoms with Gasteiger partial charge in [-0.2, -0.15) is 8.78 Å². The Bertz CT molecular complexity index is 348. The highest BCUT2D eigenvalue weighted by molar-refractivity contribution is 5.79. The number of halogens is 2. The summed E-state index contributed by atoms with van der Waals surface area (Å²) in [7, 11) is 0.939. The van der Waals surface area contributed by atoms with Crippen molar-refractivity contribution in [3.05, 3.63) is 35.4 Å². The minimum absolute atomic E-state index is 0.313. The number of methoxy groups -OCH3 is 1. The van der Waals surface area contributed by atoms with Gasteiger partial charge in [-0.05, 0) is 12.5 Å². The number of rotatable bonds is 2. The van der Waals surface area contributed by atoms with Crippen LogP contribution in [0, 0.1) is 6.92 Å². The Morgan fingerprint density at radius 2 is 1.93 bits per heavy atom. The van der Waals surface area contributed by atoms with Gasteiger partial charge in [0.1, 0.15) is 0 Å². The molecular formula is C10H10F2O2. The molecule has 0 aliphatic heterocycles. The van der Waals surface area contributed by atoms with Gasteiger partial charge in [-0.25, -0.2) is 4.79 Å². The van der Waals surface area contributed by atoms with E-state index in [1.165, 1.54) is 25.1 Å². The quantitative estimate of drug-likeness (QED) is 0.684. The van der Waals surface area contributed by atoms with Gasteiger partial charge in [0.05, 0.1) is 7.11 Å². The van der Waals surface area contributed by atoms with Crippen molar-refractivity contribution in [2.75, 3.05) is 7.11 Å². The third-order valence-corrected chi connectivity index (χ3v) is 1.93. The lowest BCUT2D eigenvalue weighted by Crippen LogP contribution is -2.28. The average molecular weight is 200 g/mol. The van der Waals surface area contributed by atoms with Gasteiger partial charge in [0.2, 0.25) is 0 Å². The van der Waals surface area contributed by atoms with E-state index in [4.69, 9.17) is 0 Å². The molecule has 0 spiro atoms. The second kappa shape index (κ2) is 3.74. The zero-order valence-electron chi connectivity index (χ0n) is 7.88. The smallest absolute Gasteiger partial charge is 0.381 e. The number of carbonyl (C=O) groups is 1. The molecule has 0 saturated carbocycles. The molecule has 0 aliphatic rings. The summed E-state index contributed by atoms with van der Waals surface area (Å²) in [5.41, 5.74) is 0.0507. The maximum atomic E-state index is 13.3. The summed E-state index contributed by atoms with van der Waals surface area (Å²) >= 11 is 0. The molecule has 0 N–H and O–H groups in total. The molecule has 0 aromatic heterocycles. The maximum absolute atomic E-state index is 13.3. The largest absolute Gasteiger partial charge is 0.464 e. The SMILES string of the molecule is COC(=O)C(F)(F)c1ccccc1C. The molecule has 0 bridgehead atoms. The molecule has 0 unspecified atom stereocenters. The highest BCUT2D eigenvalue weighted by atomic mass is 19.3. The lowest BCUT2D eigenvalue weighted by atomic mass is 10.0. The lowest BCUT2D eigenvalue weighted by Gasteiger charge is -2.15. The van der Waals surface area contributed by atoms with Gasteiger partial charge in [-0.1, -0.05) is 24.3 Å². The Kier molecular flexibility index (Phi) is 2.84. The van der Waals surface area contributed by atoms with Crippen LogP contribution in [-0.2, 0) is 15.5 Å². The number of ether oxygens (including phenoxy) is 1. The summed E-state index contributed by atoms with van der Waals surface area (Å²) < 4.78 is 30.7. The van der Waals surface area contributed by atoms with Gasteiger partial charge >= 0.3 is 11.9 Å². The van der Waals surface area contributed by atoms with Crippen LogP contribution in [0.2, 0.25) is 0 Å². The van der Waals surface area contributed by atoms with Crippen molar-refractivity contribution in [1.82, 2.24) is 0 Å². The monoisotopic (exact) mass is 200 g/mol. The van der Waals surface area contributed by atoms with E-state index >= 15 is 0 Å². The van der Waals surface area contributed by atoms with Crippen molar-refractivity contribution < 1.29 is 18.3 Å². The number of hydrogen-bond donors (Lipinski definition) is 0. The van der Waals surface area contributed by atoms with Crippen LogP contribution in [0.15, 0.2) is 24.3 Å². The fourth-order valence-electron chi connectivity index (χ4n) is 1.16. The van der Waals surface area contributed by atoms with E-state index in [1.807, 2.05) is 0 Å². The van der Waals surface area contributed by atoms with Gasteiger partial charge in [0, 0.05) is 5.56 Å². The van der Waals surface area contributed by atoms with Crippen LogP contribution in [0.25, 0.3) is 0 Å². The van der Waals surface area contributed by atoms with Crippen LogP contribution in [0.4, 0.5) is 8.78 Å². The predicted octanol–water partition coefficient (Wildman–Crippen LogP) is 2.26. The fraction of sp³-hybridized carbons (Fsp3) is 0.300. The Labute approximate surface area is 80.5 Å². The van der Waals surface area contributed by atoms with Crippen molar-refractivity contribution in [3.63, 3.8) is 0 Å². The Morgan fingerprint density at radius 1 is 1.36 bits per heavy atom. The van der Waals surface area contributed by atoms with Gasteiger partial charge in [0.25, 0.3) is 0 Å². The van der Waals surface area contributed by atoms with E-state index in [0.29, 0.717) is 5.56 Å². The second-order valence-corrected chi connectivity index (χ2v) is 2.88. The van der Waals surface area contributed by atoms with Crippen LogP contribution in [-0.4, -0.2) is 13.1 Å². The summed E-state index contributed by atoms with van der Waals surface area (Å²) in [4.78, 5) is 10.8. The molecular weight excluding hydrogens is 190 g/mol. The molecule has 0 saturated heterocycles. The molecule has 0 fully saturated rings. The van der Waals surface area contributed by atoms with Crippen LogP contribution >= 0.6 is 0 Å². The van der Waals surface area contributed by atoms with Crippen molar-refractivity contribution in [3.8, 4) is 0 Å². The zero-order valence-corrected chi connectivity index (χ0v) is 7.88. The molecule has 76 valence electrons. The van der Waals surface area contributed by atoms with Crippen molar-refractivity contribution >= 4 is 5.97 Å². The Balaban J connectivity index is 3.16. The minimum atomic E-state index is -3.57. The minimum Gasteiger partial charge on any atom is -0.464 e. The third-order valence-electron chi connectivity index (χ3n) is 1.93. The zero-order chi connectivity index (χ0) is 10.8. The lowest BCUT2D eigenvalue weighted by molar-refractivity contribution is -0.170. The standard InChI is InChI=1S/C10H10F2O2/c1-7-5-3-4-6-8(7)10(11,12)9(13)14-2/h3-6H,1-2H3. The number of aryl methyl sites for hydroxylation is 1. The molecule has 14 heavy (non-hydrogen) atoms. The summed E-state index contributed by atoms with van der Waals surface area (Å²) in [6, 6.07) is 5.82. The first kappa shape index (κ1) is 10.6. The Morgan fingerprint density at radius 3 is 2.43 bits per heavy atom. The number of carbonyl (C=O) groups excluding carboxylic acids is 1. The molecule has 1 aromatic rings. The van der Waals surface area contributed by atoms with E-state index in [2.05, 4.69) is 4.74 Å². The molecule has 2 nitrogen and oxygen atoms in total. The van der Waals surface area contributed by atoms with E-state index in [1.54, 1.807) is 6.07 Å². The summed E-state index contributed by atoms with van der Waals surface area (Å²) in [5.74, 6) is -5.10. The average Bonchev–Trinajstić information content (AvgIpc) is 2.17. The summed E-state index contributed by atoms with van der Waals surface area (Å²) in [6.07, 6.45) is 0. The summed E-state index contributed by atoms with van der Waals surface area (Å²) in [6.45, 7) is 1.52. The number of alkyl halides is 2. The van der Waals surface area contributed by atoms with Crippen LogP contribution in [0.5, 0.6) is 0 Å². The van der Waals surface area contributed by atoms with Crippen LogP contribution in [0.1, 0.15) is 11.1 Å². The van der Waals surface area contributed by atoms with Gasteiger partial charge < -0.3 is 4.74 Å². The van der Waals surface area contributed by atoms with Crippen LogP contribution < -0.4 is 0 Å². The van der Waals surface area contributed by atoms with E-state index in [0.717, 1.165) is 7.11 Å². The van der Waals surface area contributed by atoms with E-state index in [-0.39, 0.29) is 5.56 Å². The summed E-state index contributed by atoms with van der Waals surface area (Å²) in [5, 5.41) is 0. The van der Waals surface area contributed by atoms with E-state index < -0.39 is 11.9 Å². The highest BCUT2D eigenvalue weighted by Gasteiger charge is 2.43. The third kappa shape index (κ3) is 1.73. The predicted molar refractivity (Wildman–Crippen MR) is 47.1 cm³/mol. The Hall–Kier alpha value is -1.45. The molecule has 0 amide bonds. The number of benzene rings is 1. The topological polar surface area (TPSA) is 26.3 Å². The number of esters is 1. The van der Waals surface area contributed by atoms with Gasteiger partial charge in [0.15, 0.2) is 0 Å². The molecule has 0 aliphatic carbocycles. The van der Waals surface area contributed by atoms with E-state index in [9.17, 15) is 13.6 Å². The second-order valence-electron chi connectivity index (χ2n) is 2.88. The van der Waals surface area contributed by atoms with Crippen molar-refractivity contribution in [1.29, 1.82) is 0 Å². The molecule has 0 heterocycles. The van der Waals surface area contributed by atoms with Crippen molar-refractivity contribution in [2.24, 2.45) is 0 Å². The first-order chi connectivity index (χ1) is 6.50. The van der Waals surface area contributed by atoms with Gasteiger partial charge in [-0.3, -0.25) is 0 Å². The van der Waals surface area contributed by atoms with Crippen molar-refractivity contribution in [2.45, 2.75) is 12.8 Å². The molecule has 0 radical (unpaired) electrons. The number of hydrogen-bond acceptors (Lipinski definition) is 2. The van der Waals surface area contributed by atoms with Crippen LogP contribution in [0.3, 0.4) is 0 Å². The molecule has 1 rings (SSSR count). The maximum Gasteiger partial charge on any atom is 0.381 e. The fourth-order valence-corrected chi connectivity index (χ4v) is 1.16. The first-order valence-corrected chi connectivity index (χ1v) is 4.02. The molecule has 1 aromatic carbocycles. The first-order valence-electron chi connectivity index (χ1n) is 4.02. The highest BCUT2D eigenvalue weighted by Crippen LogP contribution is 2.31. The molecule has 4 heteroatoms. The molecule has 0 atom stereocenters.